The van der Waals surface area contributed by atoms with Crippen LogP contribution < -0.4 is 5.32 Å². The summed E-state index contributed by atoms with van der Waals surface area (Å²) in [6.45, 7) is 1.99. The number of fused-ring (bicyclic) bond motifs is 3. The minimum atomic E-state index is -0.930. The molecule has 27 heavy (non-hydrogen) atoms. The van der Waals surface area contributed by atoms with Crippen LogP contribution in [0.1, 0.15) is 55.8 Å². The molecule has 0 spiro atoms. The molecule has 2 aromatic carbocycles. The Bertz CT molecular complexity index is 963. The van der Waals surface area contributed by atoms with Crippen molar-refractivity contribution < 1.29 is 19.4 Å². The fraction of sp³-hybridized carbons (Fsp3) is 0.273. The van der Waals surface area contributed by atoms with Gasteiger partial charge in [0, 0.05) is 11.6 Å². The summed E-state index contributed by atoms with van der Waals surface area (Å²) in [6.07, 6.45) is 5.07. The number of methoxy groups -OCH3 is 1. The van der Waals surface area contributed by atoms with E-state index in [-0.39, 0.29) is 23.8 Å². The summed E-state index contributed by atoms with van der Waals surface area (Å²) < 4.78 is 4.98. The summed E-state index contributed by atoms with van der Waals surface area (Å²) in [6, 6.07) is 10.7. The summed E-state index contributed by atoms with van der Waals surface area (Å²) in [5.41, 5.74) is 4.52. The second kappa shape index (κ2) is 6.58. The summed E-state index contributed by atoms with van der Waals surface area (Å²) >= 11 is 0. The van der Waals surface area contributed by atoms with Gasteiger partial charge in [0.15, 0.2) is 0 Å². The molecule has 1 aliphatic carbocycles. The molecule has 0 bridgehead atoms. The average molecular weight is 363 g/mol. The minimum absolute atomic E-state index is 0.0436. The molecule has 2 aliphatic rings. The number of benzene rings is 2. The monoisotopic (exact) mass is 363 g/mol. The first-order chi connectivity index (χ1) is 13.0. The van der Waals surface area contributed by atoms with Crippen molar-refractivity contribution in [1.82, 2.24) is 0 Å². The molecule has 5 nitrogen and oxygen atoms in total. The third-order valence-corrected chi connectivity index (χ3v) is 5.66. The number of esters is 1. The standard InChI is InChI=1S/C22H21NO4/c1-12-10-11-17(22(26)27-2)18-13-8-5-9-14(13)20(23-19(12)18)15-6-3-4-7-16(15)21(24)25/h3-8,10-11,13-14,20,23H,9H2,1-2H3,(H,24,25)/t13-,14-,20-/m1/s1. The van der Waals surface area contributed by atoms with Crippen molar-refractivity contribution in [2.24, 2.45) is 5.92 Å². The van der Waals surface area contributed by atoms with E-state index in [2.05, 4.69) is 17.5 Å². The lowest BCUT2D eigenvalue weighted by atomic mass is 9.74. The van der Waals surface area contributed by atoms with Crippen LogP contribution in [-0.4, -0.2) is 24.2 Å². The van der Waals surface area contributed by atoms with Gasteiger partial charge in [-0.05, 0) is 48.1 Å². The zero-order chi connectivity index (χ0) is 19.1. The first-order valence-corrected chi connectivity index (χ1v) is 9.00. The predicted molar refractivity (Wildman–Crippen MR) is 102 cm³/mol. The topological polar surface area (TPSA) is 75.6 Å². The van der Waals surface area contributed by atoms with Crippen LogP contribution >= 0.6 is 0 Å². The van der Waals surface area contributed by atoms with E-state index in [1.54, 1.807) is 12.1 Å². The second-order valence-electron chi connectivity index (χ2n) is 7.08. The van der Waals surface area contributed by atoms with E-state index in [1.165, 1.54) is 7.11 Å². The highest BCUT2D eigenvalue weighted by molar-refractivity contribution is 5.94. The Balaban J connectivity index is 1.89. The Kier molecular flexibility index (Phi) is 4.22. The number of rotatable bonds is 3. The minimum Gasteiger partial charge on any atom is -0.478 e. The molecule has 5 heteroatoms. The number of anilines is 1. The maximum Gasteiger partial charge on any atom is 0.338 e. The van der Waals surface area contributed by atoms with Crippen molar-refractivity contribution in [2.75, 3.05) is 12.4 Å². The fourth-order valence-electron chi connectivity index (χ4n) is 4.41. The molecule has 0 radical (unpaired) electrons. The van der Waals surface area contributed by atoms with E-state index in [9.17, 15) is 14.7 Å². The normalized spacial score (nSPS) is 22.5. The highest BCUT2D eigenvalue weighted by Gasteiger charge is 2.41. The highest BCUT2D eigenvalue weighted by atomic mass is 16.5. The van der Waals surface area contributed by atoms with E-state index >= 15 is 0 Å². The summed E-state index contributed by atoms with van der Waals surface area (Å²) in [7, 11) is 1.39. The van der Waals surface area contributed by atoms with Crippen LogP contribution in [0.25, 0.3) is 0 Å². The van der Waals surface area contributed by atoms with E-state index in [0.29, 0.717) is 11.1 Å². The smallest absolute Gasteiger partial charge is 0.338 e. The molecule has 2 N–H and O–H groups in total. The molecule has 3 atom stereocenters. The van der Waals surface area contributed by atoms with Crippen LogP contribution in [0.4, 0.5) is 5.69 Å². The summed E-state index contributed by atoms with van der Waals surface area (Å²) in [5, 5.41) is 13.2. The highest BCUT2D eigenvalue weighted by Crippen LogP contribution is 2.52. The number of nitrogens with one attached hydrogen (secondary N) is 1. The van der Waals surface area contributed by atoms with Crippen LogP contribution in [0.5, 0.6) is 0 Å². The van der Waals surface area contributed by atoms with Crippen molar-refractivity contribution in [2.45, 2.75) is 25.3 Å². The van der Waals surface area contributed by atoms with Crippen molar-refractivity contribution in [1.29, 1.82) is 0 Å². The van der Waals surface area contributed by atoms with Crippen LogP contribution in [-0.2, 0) is 4.74 Å². The summed E-state index contributed by atoms with van der Waals surface area (Å²) in [4.78, 5) is 24.1. The molecule has 0 saturated carbocycles. The number of carboxylic acid groups (broad SMARTS) is 1. The maximum absolute atomic E-state index is 12.3. The third kappa shape index (κ3) is 2.70. The predicted octanol–water partition coefficient (Wildman–Crippen LogP) is 4.31. The zero-order valence-corrected chi connectivity index (χ0v) is 15.2. The molecule has 1 heterocycles. The molecule has 138 valence electrons. The van der Waals surface area contributed by atoms with Gasteiger partial charge in [0.1, 0.15) is 0 Å². The van der Waals surface area contributed by atoms with Crippen LogP contribution in [0.15, 0.2) is 48.6 Å². The second-order valence-corrected chi connectivity index (χ2v) is 7.08. The first-order valence-electron chi connectivity index (χ1n) is 9.00. The van der Waals surface area contributed by atoms with Gasteiger partial charge in [0.05, 0.1) is 24.3 Å². The molecular formula is C22H21NO4. The van der Waals surface area contributed by atoms with E-state index in [0.717, 1.165) is 28.8 Å². The largest absolute Gasteiger partial charge is 0.478 e. The quantitative estimate of drug-likeness (QED) is 0.628. The molecular weight excluding hydrogens is 342 g/mol. The van der Waals surface area contributed by atoms with Gasteiger partial charge in [-0.25, -0.2) is 9.59 Å². The number of carbonyl (C=O) groups excluding carboxylic acids is 1. The van der Waals surface area contributed by atoms with Gasteiger partial charge in [-0.2, -0.15) is 0 Å². The van der Waals surface area contributed by atoms with E-state index in [4.69, 9.17) is 4.74 Å². The van der Waals surface area contributed by atoms with Gasteiger partial charge in [0.2, 0.25) is 0 Å². The van der Waals surface area contributed by atoms with Crippen molar-refractivity contribution in [3.63, 3.8) is 0 Å². The number of hydrogen-bond acceptors (Lipinski definition) is 4. The number of carboxylic acids is 1. The molecule has 0 unspecified atom stereocenters. The Morgan fingerprint density at radius 2 is 1.93 bits per heavy atom. The molecule has 0 fully saturated rings. The molecule has 0 saturated heterocycles. The van der Waals surface area contributed by atoms with Gasteiger partial charge in [-0.3, -0.25) is 0 Å². The Morgan fingerprint density at radius 3 is 2.67 bits per heavy atom. The number of carbonyl (C=O) groups is 2. The van der Waals surface area contributed by atoms with Crippen LogP contribution in [0, 0.1) is 12.8 Å². The van der Waals surface area contributed by atoms with E-state index in [1.807, 2.05) is 31.2 Å². The number of aromatic carboxylic acids is 1. The van der Waals surface area contributed by atoms with Crippen molar-refractivity contribution in [3.8, 4) is 0 Å². The van der Waals surface area contributed by atoms with Gasteiger partial charge in [-0.15, -0.1) is 0 Å². The lowest BCUT2D eigenvalue weighted by Crippen LogP contribution is -2.32. The number of aryl methyl sites for hydroxylation is 1. The van der Waals surface area contributed by atoms with Gasteiger partial charge in [-0.1, -0.05) is 36.4 Å². The first kappa shape index (κ1) is 17.3. The lowest BCUT2D eigenvalue weighted by Gasteiger charge is -2.39. The van der Waals surface area contributed by atoms with Gasteiger partial charge in [0.25, 0.3) is 0 Å². The number of ether oxygens (including phenoxy) is 1. The molecule has 0 amide bonds. The van der Waals surface area contributed by atoms with Crippen molar-refractivity contribution in [3.05, 3.63) is 76.4 Å². The molecule has 1 aliphatic heterocycles. The van der Waals surface area contributed by atoms with Crippen molar-refractivity contribution >= 4 is 17.6 Å². The van der Waals surface area contributed by atoms with E-state index < -0.39 is 5.97 Å². The van der Waals surface area contributed by atoms with Gasteiger partial charge < -0.3 is 15.2 Å². The fourth-order valence-corrected chi connectivity index (χ4v) is 4.41. The Hall–Kier alpha value is -3.08. The molecule has 2 aromatic rings. The molecule has 4 rings (SSSR count). The molecule has 0 aromatic heterocycles. The van der Waals surface area contributed by atoms with Crippen LogP contribution in [0.3, 0.4) is 0 Å². The lowest BCUT2D eigenvalue weighted by molar-refractivity contribution is 0.0598. The number of hydrogen-bond donors (Lipinski definition) is 2. The van der Waals surface area contributed by atoms with Gasteiger partial charge >= 0.3 is 11.9 Å². The summed E-state index contributed by atoms with van der Waals surface area (Å²) in [5.74, 6) is -1.09. The zero-order valence-electron chi connectivity index (χ0n) is 15.2. The Morgan fingerprint density at radius 1 is 1.15 bits per heavy atom. The Labute approximate surface area is 157 Å². The van der Waals surface area contributed by atoms with Crippen LogP contribution in [0.2, 0.25) is 0 Å². The maximum atomic E-state index is 12.3. The average Bonchev–Trinajstić information content (AvgIpc) is 3.17. The number of allylic oxidation sites excluding steroid dienone is 2. The third-order valence-electron chi connectivity index (χ3n) is 5.66. The SMILES string of the molecule is COC(=O)c1ccc(C)c2c1[C@@H]1C=CC[C@H]1[C@H](c1ccccc1C(=O)O)N2.